The lowest BCUT2D eigenvalue weighted by molar-refractivity contribution is 0.318. The summed E-state index contributed by atoms with van der Waals surface area (Å²) in [6.07, 6.45) is 4.79. The summed E-state index contributed by atoms with van der Waals surface area (Å²) in [6.45, 7) is 5.14. The van der Waals surface area contributed by atoms with E-state index in [1.54, 1.807) is 0 Å². The molecule has 0 aliphatic heterocycles. The van der Waals surface area contributed by atoms with Gasteiger partial charge in [-0.1, -0.05) is 54.6 Å². The number of rotatable bonds is 11. The van der Waals surface area contributed by atoms with Crippen molar-refractivity contribution in [2.45, 2.75) is 32.2 Å². The third kappa shape index (κ3) is 4.53. The topological polar surface area (TPSA) is 41.3 Å². The molecule has 0 saturated heterocycles. The second-order valence-electron chi connectivity index (χ2n) is 8.26. The van der Waals surface area contributed by atoms with Crippen molar-refractivity contribution in [2.24, 2.45) is 5.73 Å². The van der Waals surface area contributed by atoms with Gasteiger partial charge in [0.25, 0.3) is 0 Å². The summed E-state index contributed by atoms with van der Waals surface area (Å²) in [7, 11) is 2.22. The maximum Gasteiger partial charge on any atom is 0.0211 e. The molecule has 0 saturated carbocycles. The molecule has 0 atom stereocenters. The minimum atomic E-state index is 0.806. The molecule has 0 fully saturated rings. The first-order chi connectivity index (χ1) is 14.3. The summed E-state index contributed by atoms with van der Waals surface area (Å²) in [5, 5.41) is 11.9. The van der Waals surface area contributed by atoms with E-state index in [2.05, 4.69) is 71.9 Å². The fourth-order valence-electron chi connectivity index (χ4n) is 4.44. The molecule has 0 aliphatic carbocycles. The Balaban J connectivity index is 1.35. The summed E-state index contributed by atoms with van der Waals surface area (Å²) in [6, 6.07) is 20.2. The highest BCUT2D eigenvalue weighted by Crippen LogP contribution is 2.35. The zero-order chi connectivity index (χ0) is 20.1. The molecule has 0 aliphatic rings. The second-order valence-corrected chi connectivity index (χ2v) is 8.26. The van der Waals surface area contributed by atoms with Crippen molar-refractivity contribution in [1.29, 1.82) is 0 Å². The normalized spacial score (nSPS) is 12.1. The van der Waals surface area contributed by atoms with Crippen LogP contribution in [0, 0.1) is 0 Å². The molecule has 3 heteroatoms. The Morgan fingerprint density at radius 1 is 0.759 bits per heavy atom. The Labute approximate surface area is 174 Å². The smallest absolute Gasteiger partial charge is 0.0211 e. The predicted octanol–water partition coefficient (Wildman–Crippen LogP) is 5.12. The van der Waals surface area contributed by atoms with E-state index in [1.165, 1.54) is 63.7 Å². The lowest BCUT2D eigenvalue weighted by Gasteiger charge is -2.16. The predicted molar refractivity (Wildman–Crippen MR) is 127 cm³/mol. The molecule has 0 amide bonds. The molecule has 4 rings (SSSR count). The van der Waals surface area contributed by atoms with Gasteiger partial charge in [0.15, 0.2) is 0 Å². The largest absolute Gasteiger partial charge is 0.330 e. The zero-order valence-electron chi connectivity index (χ0n) is 17.6. The van der Waals surface area contributed by atoms with Gasteiger partial charge in [0.1, 0.15) is 0 Å². The van der Waals surface area contributed by atoms with E-state index in [1.807, 2.05) is 0 Å². The number of benzene rings is 4. The maximum atomic E-state index is 5.57. The molecule has 0 radical (unpaired) electrons. The fraction of sp³-hybridized carbons (Fsp3) is 0.385. The van der Waals surface area contributed by atoms with Crippen molar-refractivity contribution in [3.63, 3.8) is 0 Å². The molecular formula is C26H33N3. The van der Waals surface area contributed by atoms with Crippen molar-refractivity contribution >= 4 is 32.3 Å². The van der Waals surface area contributed by atoms with Crippen LogP contribution < -0.4 is 11.1 Å². The van der Waals surface area contributed by atoms with Gasteiger partial charge in [-0.25, -0.2) is 0 Å². The van der Waals surface area contributed by atoms with E-state index in [-0.39, 0.29) is 0 Å². The summed E-state index contributed by atoms with van der Waals surface area (Å²) < 4.78 is 0. The van der Waals surface area contributed by atoms with Gasteiger partial charge in [-0.3, -0.25) is 0 Å². The molecule has 0 aromatic heterocycles. The average molecular weight is 388 g/mol. The first-order valence-corrected chi connectivity index (χ1v) is 11.0. The van der Waals surface area contributed by atoms with Crippen molar-refractivity contribution in [2.75, 3.05) is 33.2 Å². The SMILES string of the molecule is CN(CCCCN)CCCCNCc1ccc2ccc3cccc4ccc1c2c34. The van der Waals surface area contributed by atoms with Crippen molar-refractivity contribution < 1.29 is 0 Å². The van der Waals surface area contributed by atoms with E-state index in [0.29, 0.717) is 0 Å². The van der Waals surface area contributed by atoms with E-state index in [9.17, 15) is 0 Å². The lowest BCUT2D eigenvalue weighted by Crippen LogP contribution is -2.23. The Kier molecular flexibility index (Phi) is 6.60. The quantitative estimate of drug-likeness (QED) is 0.277. The van der Waals surface area contributed by atoms with Crippen LogP contribution in [-0.4, -0.2) is 38.1 Å². The minimum Gasteiger partial charge on any atom is -0.330 e. The Morgan fingerprint density at radius 3 is 2.17 bits per heavy atom. The van der Waals surface area contributed by atoms with E-state index < -0.39 is 0 Å². The highest BCUT2D eigenvalue weighted by atomic mass is 15.1. The molecule has 29 heavy (non-hydrogen) atoms. The molecule has 4 aromatic carbocycles. The monoisotopic (exact) mass is 387 g/mol. The summed E-state index contributed by atoms with van der Waals surface area (Å²) in [5.41, 5.74) is 6.97. The van der Waals surface area contributed by atoms with Gasteiger partial charge in [0.05, 0.1) is 0 Å². The average Bonchev–Trinajstić information content (AvgIpc) is 2.75. The summed E-state index contributed by atoms with van der Waals surface area (Å²) in [4.78, 5) is 2.43. The molecule has 4 aromatic rings. The molecule has 3 N–H and O–H groups in total. The van der Waals surface area contributed by atoms with E-state index >= 15 is 0 Å². The van der Waals surface area contributed by atoms with Crippen molar-refractivity contribution in [3.8, 4) is 0 Å². The number of nitrogens with zero attached hydrogens (tertiary/aromatic N) is 1. The Hall–Kier alpha value is -2.20. The maximum absolute atomic E-state index is 5.57. The first-order valence-electron chi connectivity index (χ1n) is 11.0. The van der Waals surface area contributed by atoms with Crippen molar-refractivity contribution in [1.82, 2.24) is 10.2 Å². The van der Waals surface area contributed by atoms with Gasteiger partial charge in [-0.2, -0.15) is 0 Å². The Bertz CT molecular complexity index is 1040. The molecule has 0 unspecified atom stereocenters. The highest BCUT2D eigenvalue weighted by Gasteiger charge is 2.10. The highest BCUT2D eigenvalue weighted by molar-refractivity contribution is 6.23. The fourth-order valence-corrected chi connectivity index (χ4v) is 4.44. The first kappa shape index (κ1) is 20.1. The van der Waals surface area contributed by atoms with Gasteiger partial charge < -0.3 is 16.0 Å². The third-order valence-corrected chi connectivity index (χ3v) is 6.07. The molecule has 152 valence electrons. The van der Waals surface area contributed by atoms with Crippen LogP contribution in [-0.2, 0) is 6.54 Å². The minimum absolute atomic E-state index is 0.806. The van der Waals surface area contributed by atoms with Crippen LogP contribution in [0.3, 0.4) is 0 Å². The number of unbranched alkanes of at least 4 members (excludes halogenated alkanes) is 2. The summed E-state index contributed by atoms with van der Waals surface area (Å²) in [5.74, 6) is 0. The van der Waals surface area contributed by atoms with Crippen LogP contribution in [0.2, 0.25) is 0 Å². The van der Waals surface area contributed by atoms with Crippen LogP contribution in [0.4, 0.5) is 0 Å². The van der Waals surface area contributed by atoms with Gasteiger partial charge in [-0.15, -0.1) is 0 Å². The van der Waals surface area contributed by atoms with Gasteiger partial charge >= 0.3 is 0 Å². The van der Waals surface area contributed by atoms with Crippen LogP contribution in [0.15, 0.2) is 54.6 Å². The van der Waals surface area contributed by atoms with Gasteiger partial charge in [-0.05, 0) is 96.8 Å². The van der Waals surface area contributed by atoms with Crippen molar-refractivity contribution in [3.05, 3.63) is 60.2 Å². The number of nitrogens with two attached hydrogens (primary N) is 1. The molecular weight excluding hydrogens is 354 g/mol. The van der Waals surface area contributed by atoms with E-state index in [4.69, 9.17) is 5.73 Å². The lowest BCUT2D eigenvalue weighted by atomic mass is 9.92. The number of nitrogens with one attached hydrogen (secondary N) is 1. The molecule has 3 nitrogen and oxygen atoms in total. The molecule has 0 bridgehead atoms. The molecule has 0 spiro atoms. The van der Waals surface area contributed by atoms with Gasteiger partial charge in [0.2, 0.25) is 0 Å². The standard InChI is InChI=1S/C26H33N3/c1-29(17-4-2-15-27)18-5-3-16-28-19-23-12-11-22-10-9-20-7-6-8-21-13-14-24(23)26(22)25(20)21/h6-14,28H,2-5,15-19,27H2,1H3. The van der Waals surface area contributed by atoms with Crippen LogP contribution >= 0.6 is 0 Å². The third-order valence-electron chi connectivity index (χ3n) is 6.07. The summed E-state index contributed by atoms with van der Waals surface area (Å²) >= 11 is 0. The van der Waals surface area contributed by atoms with E-state index in [0.717, 1.165) is 32.6 Å². The number of hydrogen-bond donors (Lipinski definition) is 2. The van der Waals surface area contributed by atoms with Gasteiger partial charge in [0, 0.05) is 6.54 Å². The molecule has 0 heterocycles. The zero-order valence-corrected chi connectivity index (χ0v) is 17.6. The number of hydrogen-bond acceptors (Lipinski definition) is 3. The van der Waals surface area contributed by atoms with Crippen LogP contribution in [0.1, 0.15) is 31.2 Å². The van der Waals surface area contributed by atoms with Crippen LogP contribution in [0.25, 0.3) is 32.3 Å². The van der Waals surface area contributed by atoms with Crippen LogP contribution in [0.5, 0.6) is 0 Å². The Morgan fingerprint density at radius 2 is 1.41 bits per heavy atom. The second kappa shape index (κ2) is 9.53.